The fraction of sp³-hybridized carbons (Fsp3) is 0.750. The normalized spacial score (nSPS) is 47.8. The first-order valence-electron chi connectivity index (χ1n) is 5.51. The van der Waals surface area contributed by atoms with Crippen LogP contribution in [0.1, 0.15) is 38.5 Å². The molecule has 0 unspecified atom stereocenters. The van der Waals surface area contributed by atoms with Crippen LogP contribution < -0.4 is 0 Å². The molecule has 0 aliphatic heterocycles. The van der Waals surface area contributed by atoms with Gasteiger partial charge in [-0.2, -0.15) is 0 Å². The average molecular weight is 176 g/mol. The van der Waals surface area contributed by atoms with Crippen LogP contribution in [0.3, 0.4) is 0 Å². The first-order chi connectivity index (χ1) is 6.28. The molecule has 1 spiro atoms. The van der Waals surface area contributed by atoms with E-state index in [9.17, 15) is 4.79 Å². The summed E-state index contributed by atoms with van der Waals surface area (Å²) in [6.45, 7) is 0. The van der Waals surface area contributed by atoms with Crippen LogP contribution in [0.5, 0.6) is 0 Å². The summed E-state index contributed by atoms with van der Waals surface area (Å²) in [5.41, 5.74) is 0.461. The number of fused-ring (bicyclic) bond motifs is 2. The van der Waals surface area contributed by atoms with Gasteiger partial charge in [0.15, 0.2) is 5.78 Å². The summed E-state index contributed by atoms with van der Waals surface area (Å²) in [5.74, 6) is 2.02. The summed E-state index contributed by atoms with van der Waals surface area (Å²) in [5, 5.41) is 0. The van der Waals surface area contributed by atoms with Gasteiger partial charge in [-0.3, -0.25) is 4.79 Å². The largest absolute Gasteiger partial charge is 0.295 e. The molecular formula is C12H16O. The third-order valence-corrected chi connectivity index (χ3v) is 4.52. The van der Waals surface area contributed by atoms with Crippen LogP contribution in [-0.4, -0.2) is 5.78 Å². The Bertz CT molecular complexity index is 269. The van der Waals surface area contributed by atoms with Crippen LogP contribution in [0.2, 0.25) is 0 Å². The Morgan fingerprint density at radius 2 is 2.08 bits per heavy atom. The topological polar surface area (TPSA) is 17.1 Å². The zero-order valence-corrected chi connectivity index (χ0v) is 7.96. The van der Waals surface area contributed by atoms with Crippen molar-refractivity contribution < 1.29 is 4.79 Å². The number of hydrogen-bond acceptors (Lipinski definition) is 1. The van der Waals surface area contributed by atoms with Gasteiger partial charge in [0.25, 0.3) is 0 Å². The second-order valence-electron chi connectivity index (χ2n) is 5.11. The highest BCUT2D eigenvalue weighted by atomic mass is 16.1. The van der Waals surface area contributed by atoms with E-state index >= 15 is 0 Å². The van der Waals surface area contributed by atoms with Gasteiger partial charge in [-0.15, -0.1) is 0 Å². The highest BCUT2D eigenvalue weighted by Crippen LogP contribution is 2.57. The molecule has 0 aromatic carbocycles. The van der Waals surface area contributed by atoms with Gasteiger partial charge >= 0.3 is 0 Å². The van der Waals surface area contributed by atoms with Gasteiger partial charge in [-0.1, -0.05) is 6.08 Å². The Balaban J connectivity index is 1.98. The molecule has 2 bridgehead atoms. The Labute approximate surface area is 79.2 Å². The predicted molar refractivity (Wildman–Crippen MR) is 51.3 cm³/mol. The molecule has 1 nitrogen and oxygen atoms in total. The molecule has 13 heavy (non-hydrogen) atoms. The number of carbonyl (C=O) groups excluding carboxylic acids is 1. The lowest BCUT2D eigenvalue weighted by Crippen LogP contribution is -2.43. The van der Waals surface area contributed by atoms with Gasteiger partial charge in [-0.25, -0.2) is 0 Å². The van der Waals surface area contributed by atoms with E-state index in [2.05, 4.69) is 6.08 Å². The second kappa shape index (κ2) is 2.46. The van der Waals surface area contributed by atoms with E-state index in [0.29, 0.717) is 17.1 Å². The van der Waals surface area contributed by atoms with Crippen LogP contribution in [-0.2, 0) is 4.79 Å². The molecule has 0 amide bonds. The van der Waals surface area contributed by atoms with Gasteiger partial charge in [0.1, 0.15) is 0 Å². The molecule has 1 atom stereocenters. The first-order valence-corrected chi connectivity index (χ1v) is 5.51. The molecule has 0 radical (unpaired) electrons. The van der Waals surface area contributed by atoms with E-state index in [1.165, 1.54) is 32.1 Å². The second-order valence-corrected chi connectivity index (χ2v) is 5.11. The fourth-order valence-corrected chi connectivity index (χ4v) is 3.66. The van der Waals surface area contributed by atoms with Crippen molar-refractivity contribution in [3.63, 3.8) is 0 Å². The van der Waals surface area contributed by atoms with Crippen molar-refractivity contribution in [2.24, 2.45) is 17.3 Å². The maximum Gasteiger partial charge on any atom is 0.155 e. The fourth-order valence-electron chi connectivity index (χ4n) is 3.66. The molecule has 3 fully saturated rings. The number of allylic oxidation sites excluding steroid dienone is 2. The Hall–Kier alpha value is -0.590. The molecule has 4 aliphatic rings. The number of hydrogen-bond donors (Lipinski definition) is 0. The van der Waals surface area contributed by atoms with Crippen molar-refractivity contribution in [1.82, 2.24) is 0 Å². The molecule has 0 N–H and O–H groups in total. The lowest BCUT2D eigenvalue weighted by Gasteiger charge is -2.52. The Morgan fingerprint density at radius 3 is 2.85 bits per heavy atom. The molecule has 0 heterocycles. The van der Waals surface area contributed by atoms with Crippen molar-refractivity contribution in [3.05, 3.63) is 12.2 Å². The molecule has 4 rings (SSSR count). The average Bonchev–Trinajstić information content (AvgIpc) is 2.18. The van der Waals surface area contributed by atoms with Crippen molar-refractivity contribution in [1.29, 1.82) is 0 Å². The minimum Gasteiger partial charge on any atom is -0.295 e. The summed E-state index contributed by atoms with van der Waals surface area (Å²) in [6.07, 6.45) is 11.8. The van der Waals surface area contributed by atoms with E-state index in [1.54, 1.807) is 0 Å². The lowest BCUT2D eigenvalue weighted by atomic mass is 9.52. The summed E-state index contributed by atoms with van der Waals surface area (Å²) < 4.78 is 0. The standard InChI is InChI=1S/C12H16O/c13-11-3-6-12-4-1-9(2-5-12)7-10(12)8-11/h3,6,9-10H,1-2,4-5,7-8H2/t9?,10-,12?/m1/s1. The third kappa shape index (κ3) is 1.02. The van der Waals surface area contributed by atoms with E-state index in [-0.39, 0.29) is 0 Å². The summed E-state index contributed by atoms with van der Waals surface area (Å²) in [4.78, 5) is 11.3. The Kier molecular flexibility index (Phi) is 1.47. The summed E-state index contributed by atoms with van der Waals surface area (Å²) in [6, 6.07) is 0. The van der Waals surface area contributed by atoms with Gasteiger partial charge in [0.05, 0.1) is 0 Å². The van der Waals surface area contributed by atoms with Crippen LogP contribution in [0, 0.1) is 17.3 Å². The smallest absolute Gasteiger partial charge is 0.155 e. The van der Waals surface area contributed by atoms with Crippen molar-refractivity contribution in [2.45, 2.75) is 38.5 Å². The molecule has 0 saturated heterocycles. The van der Waals surface area contributed by atoms with Crippen molar-refractivity contribution in [2.75, 3.05) is 0 Å². The van der Waals surface area contributed by atoms with E-state index in [1.807, 2.05) is 6.08 Å². The van der Waals surface area contributed by atoms with E-state index in [0.717, 1.165) is 12.3 Å². The van der Waals surface area contributed by atoms with Gasteiger partial charge < -0.3 is 0 Å². The molecule has 0 aromatic rings. The lowest BCUT2D eigenvalue weighted by molar-refractivity contribution is -0.119. The van der Waals surface area contributed by atoms with E-state index < -0.39 is 0 Å². The van der Waals surface area contributed by atoms with Crippen LogP contribution in [0.4, 0.5) is 0 Å². The van der Waals surface area contributed by atoms with E-state index in [4.69, 9.17) is 0 Å². The van der Waals surface area contributed by atoms with Crippen LogP contribution >= 0.6 is 0 Å². The number of ketones is 1. The molecule has 1 heteroatoms. The minimum absolute atomic E-state index is 0.364. The quantitative estimate of drug-likeness (QED) is 0.554. The zero-order valence-electron chi connectivity index (χ0n) is 7.96. The number of rotatable bonds is 0. The SMILES string of the molecule is O=C1C=CC23CCC(CC2)C[C@@H]3C1. The number of carbonyl (C=O) groups is 1. The highest BCUT2D eigenvalue weighted by molar-refractivity contribution is 5.91. The molecular weight excluding hydrogens is 160 g/mol. The maximum absolute atomic E-state index is 11.3. The molecule has 0 aromatic heterocycles. The predicted octanol–water partition coefficient (Wildman–Crippen LogP) is 2.71. The Morgan fingerprint density at radius 1 is 1.31 bits per heavy atom. The van der Waals surface area contributed by atoms with Crippen LogP contribution in [0.25, 0.3) is 0 Å². The van der Waals surface area contributed by atoms with Gasteiger partial charge in [0.2, 0.25) is 0 Å². The van der Waals surface area contributed by atoms with Gasteiger partial charge in [0, 0.05) is 6.42 Å². The maximum atomic E-state index is 11.3. The van der Waals surface area contributed by atoms with Crippen molar-refractivity contribution in [3.8, 4) is 0 Å². The monoisotopic (exact) mass is 176 g/mol. The van der Waals surface area contributed by atoms with Gasteiger partial charge in [-0.05, 0) is 55.4 Å². The van der Waals surface area contributed by atoms with Crippen LogP contribution in [0.15, 0.2) is 12.2 Å². The zero-order chi connectivity index (χ0) is 8.89. The molecule has 3 saturated carbocycles. The van der Waals surface area contributed by atoms with Crippen molar-refractivity contribution >= 4 is 5.78 Å². The molecule has 4 aliphatic carbocycles. The first kappa shape index (κ1) is 7.78. The third-order valence-electron chi connectivity index (χ3n) is 4.52. The minimum atomic E-state index is 0.364. The summed E-state index contributed by atoms with van der Waals surface area (Å²) >= 11 is 0. The highest BCUT2D eigenvalue weighted by Gasteiger charge is 2.47. The molecule has 70 valence electrons. The summed E-state index contributed by atoms with van der Waals surface area (Å²) in [7, 11) is 0.